The van der Waals surface area contributed by atoms with Crippen LogP contribution in [0, 0.1) is 12.3 Å². The molecule has 0 radical (unpaired) electrons. The van der Waals surface area contributed by atoms with Crippen LogP contribution in [-0.2, 0) is 9.59 Å². The molecule has 2 heterocycles. The molecule has 1 aromatic heterocycles. The van der Waals surface area contributed by atoms with Crippen molar-refractivity contribution in [2.75, 3.05) is 10.2 Å². The number of hydrogen-bond acceptors (Lipinski definition) is 4. The molecule has 0 saturated carbocycles. The van der Waals surface area contributed by atoms with Gasteiger partial charge in [-0.25, -0.2) is 0 Å². The Kier molecular flexibility index (Phi) is 3.98. The number of amides is 1. The minimum absolute atomic E-state index is 0.0619. The van der Waals surface area contributed by atoms with Crippen LogP contribution in [0.2, 0.25) is 0 Å². The number of rotatable bonds is 1. The second kappa shape index (κ2) is 6.12. The van der Waals surface area contributed by atoms with Crippen LogP contribution in [-0.4, -0.2) is 11.7 Å². The van der Waals surface area contributed by atoms with Crippen LogP contribution in [0.4, 0.5) is 11.4 Å². The third kappa shape index (κ3) is 2.97. The van der Waals surface area contributed by atoms with Crippen molar-refractivity contribution < 1.29 is 14.0 Å². The zero-order valence-corrected chi connectivity index (χ0v) is 16.1. The van der Waals surface area contributed by atoms with Crippen molar-refractivity contribution in [1.82, 2.24) is 0 Å². The third-order valence-corrected chi connectivity index (χ3v) is 5.27. The molecule has 4 rings (SSSR count). The highest BCUT2D eigenvalue weighted by atomic mass is 16.3. The van der Waals surface area contributed by atoms with Crippen LogP contribution >= 0.6 is 0 Å². The lowest BCUT2D eigenvalue weighted by Crippen LogP contribution is -2.38. The van der Waals surface area contributed by atoms with E-state index in [0.29, 0.717) is 17.8 Å². The fourth-order valence-electron chi connectivity index (χ4n) is 4.20. The van der Waals surface area contributed by atoms with E-state index in [9.17, 15) is 9.59 Å². The largest absolute Gasteiger partial charge is 0.464 e. The van der Waals surface area contributed by atoms with E-state index < -0.39 is 6.04 Å². The second-order valence-corrected chi connectivity index (χ2v) is 8.22. The number of Topliss-reactive ketones (excluding diaryl/α,β-unsaturated/α-hetero) is 1. The summed E-state index contributed by atoms with van der Waals surface area (Å²) < 4.78 is 5.92. The Morgan fingerprint density at radius 2 is 1.93 bits per heavy atom. The van der Waals surface area contributed by atoms with E-state index in [1.807, 2.05) is 43.3 Å². The lowest BCUT2D eigenvalue weighted by Gasteiger charge is -2.35. The van der Waals surface area contributed by atoms with Gasteiger partial charge >= 0.3 is 0 Å². The van der Waals surface area contributed by atoms with Gasteiger partial charge in [0, 0.05) is 24.6 Å². The predicted octanol–water partition coefficient (Wildman–Crippen LogP) is 4.75. The van der Waals surface area contributed by atoms with Gasteiger partial charge in [-0.2, -0.15) is 0 Å². The van der Waals surface area contributed by atoms with Gasteiger partial charge in [0.2, 0.25) is 5.91 Å². The molecule has 1 atom stereocenters. The first-order valence-corrected chi connectivity index (χ1v) is 9.25. The van der Waals surface area contributed by atoms with Crippen molar-refractivity contribution in [1.29, 1.82) is 0 Å². The SMILES string of the molecule is CC(=O)N1c2ccccc2NC2=C(C(=O)CC(C)(C)C2)C1c1ccc(C)o1. The Labute approximate surface area is 159 Å². The molecule has 1 aliphatic heterocycles. The number of carbonyl (C=O) groups is 2. The molecule has 140 valence electrons. The highest BCUT2D eigenvalue weighted by molar-refractivity contribution is 6.05. The minimum atomic E-state index is -0.564. The molecule has 2 aromatic rings. The molecular weight excluding hydrogens is 340 g/mol. The average Bonchev–Trinajstić information content (AvgIpc) is 2.93. The molecule has 0 spiro atoms. The highest BCUT2D eigenvalue weighted by Gasteiger charge is 2.43. The molecule has 1 N–H and O–H groups in total. The summed E-state index contributed by atoms with van der Waals surface area (Å²) >= 11 is 0. The molecule has 1 unspecified atom stereocenters. The van der Waals surface area contributed by atoms with Crippen molar-refractivity contribution >= 4 is 23.1 Å². The van der Waals surface area contributed by atoms with Gasteiger partial charge in [-0.3, -0.25) is 14.5 Å². The highest BCUT2D eigenvalue weighted by Crippen LogP contribution is 2.48. The molecule has 27 heavy (non-hydrogen) atoms. The molecule has 0 saturated heterocycles. The van der Waals surface area contributed by atoms with Crippen LogP contribution in [0.25, 0.3) is 0 Å². The first-order valence-electron chi connectivity index (χ1n) is 9.25. The number of furan rings is 1. The molecule has 5 nitrogen and oxygen atoms in total. The van der Waals surface area contributed by atoms with Gasteiger partial charge in [0.05, 0.1) is 11.4 Å². The van der Waals surface area contributed by atoms with Gasteiger partial charge in [0.15, 0.2) is 5.78 Å². The van der Waals surface area contributed by atoms with E-state index in [0.717, 1.165) is 29.3 Å². The standard InChI is InChI=1S/C22H24N2O3/c1-13-9-10-19(27-13)21-20-16(11-22(3,4)12-18(20)26)23-15-7-5-6-8-17(15)24(21)14(2)25/h5-10,21,23H,11-12H2,1-4H3. The summed E-state index contributed by atoms with van der Waals surface area (Å²) in [5, 5.41) is 3.46. The van der Waals surface area contributed by atoms with Gasteiger partial charge in [-0.1, -0.05) is 26.0 Å². The van der Waals surface area contributed by atoms with Crippen LogP contribution in [0.3, 0.4) is 0 Å². The molecule has 1 aliphatic carbocycles. The number of anilines is 2. The van der Waals surface area contributed by atoms with Gasteiger partial charge in [0.1, 0.15) is 17.6 Å². The minimum Gasteiger partial charge on any atom is -0.464 e. The fraction of sp³-hybridized carbons (Fsp3) is 0.364. The van der Waals surface area contributed by atoms with Crippen molar-refractivity contribution in [3.63, 3.8) is 0 Å². The lowest BCUT2D eigenvalue weighted by atomic mass is 9.74. The number of benzene rings is 1. The van der Waals surface area contributed by atoms with Crippen molar-refractivity contribution in [2.45, 2.75) is 46.6 Å². The number of nitrogens with zero attached hydrogens (tertiary/aromatic N) is 1. The van der Waals surface area contributed by atoms with Crippen molar-refractivity contribution in [3.8, 4) is 0 Å². The normalized spacial score (nSPS) is 21.3. The van der Waals surface area contributed by atoms with Crippen LogP contribution < -0.4 is 10.2 Å². The fourth-order valence-corrected chi connectivity index (χ4v) is 4.20. The Morgan fingerprint density at radius 1 is 1.19 bits per heavy atom. The van der Waals surface area contributed by atoms with Gasteiger partial charge < -0.3 is 9.73 Å². The summed E-state index contributed by atoms with van der Waals surface area (Å²) in [6, 6.07) is 10.8. The number of nitrogens with one attached hydrogen (secondary N) is 1. The molecule has 2 aliphatic rings. The number of aryl methyl sites for hydroxylation is 1. The Hall–Kier alpha value is -2.82. The maximum Gasteiger partial charge on any atom is 0.224 e. The maximum absolute atomic E-state index is 13.2. The summed E-state index contributed by atoms with van der Waals surface area (Å²) in [7, 11) is 0. The predicted molar refractivity (Wildman–Crippen MR) is 104 cm³/mol. The van der Waals surface area contributed by atoms with E-state index in [4.69, 9.17) is 4.42 Å². The Balaban J connectivity index is 2.00. The smallest absolute Gasteiger partial charge is 0.224 e. The second-order valence-electron chi connectivity index (χ2n) is 8.22. The number of hydrogen-bond donors (Lipinski definition) is 1. The van der Waals surface area contributed by atoms with E-state index in [2.05, 4.69) is 19.2 Å². The number of fused-ring (bicyclic) bond motifs is 1. The maximum atomic E-state index is 13.2. The van der Waals surface area contributed by atoms with Crippen molar-refractivity contribution in [3.05, 3.63) is 59.2 Å². The Morgan fingerprint density at radius 3 is 2.59 bits per heavy atom. The monoisotopic (exact) mass is 364 g/mol. The lowest BCUT2D eigenvalue weighted by molar-refractivity contribution is -0.118. The van der Waals surface area contributed by atoms with Crippen molar-refractivity contribution in [2.24, 2.45) is 5.41 Å². The molecular formula is C22H24N2O3. The number of ketones is 1. The number of allylic oxidation sites excluding steroid dienone is 1. The quantitative estimate of drug-likeness (QED) is 0.793. The van der Waals surface area contributed by atoms with E-state index in [1.165, 1.54) is 6.92 Å². The van der Waals surface area contributed by atoms with Gasteiger partial charge in [-0.05, 0) is 43.0 Å². The third-order valence-electron chi connectivity index (χ3n) is 5.27. The first kappa shape index (κ1) is 17.6. The number of para-hydroxylation sites is 2. The molecule has 1 aromatic carbocycles. The van der Waals surface area contributed by atoms with Crippen LogP contribution in [0.1, 0.15) is 51.2 Å². The topological polar surface area (TPSA) is 62.6 Å². The summed E-state index contributed by atoms with van der Waals surface area (Å²) in [6.45, 7) is 7.60. The van der Waals surface area contributed by atoms with E-state index >= 15 is 0 Å². The van der Waals surface area contributed by atoms with Gasteiger partial charge in [0.25, 0.3) is 0 Å². The molecule has 5 heteroatoms. The first-order chi connectivity index (χ1) is 12.8. The zero-order valence-electron chi connectivity index (χ0n) is 16.1. The summed E-state index contributed by atoms with van der Waals surface area (Å²) in [5.41, 5.74) is 2.97. The van der Waals surface area contributed by atoms with E-state index in [-0.39, 0.29) is 17.1 Å². The number of carbonyl (C=O) groups excluding carboxylic acids is 2. The summed E-state index contributed by atoms with van der Waals surface area (Å²) in [4.78, 5) is 27.6. The Bertz CT molecular complexity index is 967. The zero-order chi connectivity index (χ0) is 19.3. The summed E-state index contributed by atoms with van der Waals surface area (Å²) in [5.74, 6) is 1.30. The molecule has 0 bridgehead atoms. The average molecular weight is 364 g/mol. The van der Waals surface area contributed by atoms with Crippen LogP contribution in [0.15, 0.2) is 52.1 Å². The van der Waals surface area contributed by atoms with E-state index in [1.54, 1.807) is 4.90 Å². The summed E-state index contributed by atoms with van der Waals surface area (Å²) in [6.07, 6.45) is 1.19. The van der Waals surface area contributed by atoms with Crippen LogP contribution in [0.5, 0.6) is 0 Å². The molecule has 0 fully saturated rings. The van der Waals surface area contributed by atoms with Gasteiger partial charge in [-0.15, -0.1) is 0 Å². The molecule has 1 amide bonds.